The van der Waals surface area contributed by atoms with Gasteiger partial charge in [-0.1, -0.05) is 0 Å². The highest BCUT2D eigenvalue weighted by Gasteiger charge is 2.33. The number of esters is 1. The maximum atomic E-state index is 12.2. The Morgan fingerprint density at radius 1 is 1.47 bits per heavy atom. The summed E-state index contributed by atoms with van der Waals surface area (Å²) < 4.78 is 5.32. The molecule has 106 valence electrons. The molecule has 0 spiro atoms. The van der Waals surface area contributed by atoms with Gasteiger partial charge in [-0.05, 0) is 43.2 Å². The van der Waals surface area contributed by atoms with Crippen molar-refractivity contribution in [1.29, 1.82) is 0 Å². The van der Waals surface area contributed by atoms with Gasteiger partial charge in [0.25, 0.3) is 0 Å². The molecule has 1 unspecified atom stereocenters. The third kappa shape index (κ3) is 5.00. The second-order valence-electron chi connectivity index (χ2n) is 5.33. The SMILES string of the molecule is CC(C)(C)OC(=O)C(c1ccsc1)[C@@H](N)CC(=O)O. The van der Waals surface area contributed by atoms with Crippen LogP contribution < -0.4 is 5.73 Å². The zero-order valence-electron chi connectivity index (χ0n) is 11.3. The van der Waals surface area contributed by atoms with Crippen LogP contribution in [-0.2, 0) is 14.3 Å². The highest BCUT2D eigenvalue weighted by Crippen LogP contribution is 2.26. The van der Waals surface area contributed by atoms with Gasteiger partial charge in [-0.15, -0.1) is 0 Å². The number of aliphatic carboxylic acids is 1. The average Bonchev–Trinajstić information content (AvgIpc) is 2.66. The van der Waals surface area contributed by atoms with E-state index in [4.69, 9.17) is 15.6 Å². The lowest BCUT2D eigenvalue weighted by Crippen LogP contribution is -2.39. The van der Waals surface area contributed by atoms with E-state index in [9.17, 15) is 9.59 Å². The van der Waals surface area contributed by atoms with Crippen LogP contribution in [0.2, 0.25) is 0 Å². The number of thiophene rings is 1. The van der Waals surface area contributed by atoms with E-state index < -0.39 is 29.5 Å². The molecule has 0 bridgehead atoms. The number of hydrogen-bond donors (Lipinski definition) is 2. The van der Waals surface area contributed by atoms with E-state index in [1.165, 1.54) is 11.3 Å². The lowest BCUT2D eigenvalue weighted by molar-refractivity contribution is -0.157. The summed E-state index contributed by atoms with van der Waals surface area (Å²) in [4.78, 5) is 23.0. The summed E-state index contributed by atoms with van der Waals surface area (Å²) in [5.74, 6) is -2.27. The van der Waals surface area contributed by atoms with Crippen molar-refractivity contribution in [2.24, 2.45) is 5.73 Å². The number of carbonyl (C=O) groups excluding carboxylic acids is 1. The maximum absolute atomic E-state index is 12.2. The molecule has 1 aromatic heterocycles. The summed E-state index contributed by atoms with van der Waals surface area (Å²) in [6.45, 7) is 5.29. The molecule has 0 aliphatic heterocycles. The molecule has 0 aromatic carbocycles. The van der Waals surface area contributed by atoms with Crippen LogP contribution in [0.4, 0.5) is 0 Å². The summed E-state index contributed by atoms with van der Waals surface area (Å²) in [5, 5.41) is 12.4. The molecule has 1 heterocycles. The van der Waals surface area contributed by atoms with Crippen LogP contribution in [0.15, 0.2) is 16.8 Å². The summed E-state index contributed by atoms with van der Waals surface area (Å²) in [6.07, 6.45) is -0.278. The van der Waals surface area contributed by atoms with Gasteiger partial charge in [0.15, 0.2) is 0 Å². The van der Waals surface area contributed by atoms with Crippen molar-refractivity contribution in [3.8, 4) is 0 Å². The molecule has 0 saturated heterocycles. The molecule has 1 aromatic rings. The molecule has 5 nitrogen and oxygen atoms in total. The molecule has 0 fully saturated rings. The summed E-state index contributed by atoms with van der Waals surface area (Å²) in [6, 6.07) is 0.961. The fourth-order valence-electron chi connectivity index (χ4n) is 1.69. The van der Waals surface area contributed by atoms with Gasteiger partial charge in [-0.2, -0.15) is 11.3 Å². The Morgan fingerprint density at radius 3 is 2.53 bits per heavy atom. The van der Waals surface area contributed by atoms with Crippen LogP contribution in [0.25, 0.3) is 0 Å². The largest absolute Gasteiger partial charge is 0.481 e. The van der Waals surface area contributed by atoms with E-state index in [1.54, 1.807) is 32.2 Å². The van der Waals surface area contributed by atoms with Crippen molar-refractivity contribution in [3.05, 3.63) is 22.4 Å². The number of hydrogen-bond acceptors (Lipinski definition) is 5. The maximum Gasteiger partial charge on any atom is 0.315 e. The van der Waals surface area contributed by atoms with Crippen molar-refractivity contribution in [2.75, 3.05) is 0 Å². The lowest BCUT2D eigenvalue weighted by atomic mass is 9.92. The summed E-state index contributed by atoms with van der Waals surface area (Å²) in [7, 11) is 0. The third-order valence-electron chi connectivity index (χ3n) is 2.40. The zero-order valence-corrected chi connectivity index (χ0v) is 12.1. The number of carbonyl (C=O) groups is 2. The molecule has 0 aliphatic rings. The van der Waals surface area contributed by atoms with Crippen molar-refractivity contribution >= 4 is 23.3 Å². The number of rotatable bonds is 5. The van der Waals surface area contributed by atoms with Crippen molar-refractivity contribution in [3.63, 3.8) is 0 Å². The first-order valence-electron chi connectivity index (χ1n) is 5.93. The van der Waals surface area contributed by atoms with E-state index in [0.29, 0.717) is 5.56 Å². The number of carboxylic acid groups (broad SMARTS) is 1. The monoisotopic (exact) mass is 285 g/mol. The van der Waals surface area contributed by atoms with E-state index in [2.05, 4.69) is 0 Å². The number of nitrogens with two attached hydrogens (primary N) is 1. The Labute approximate surface area is 116 Å². The van der Waals surface area contributed by atoms with Gasteiger partial charge in [0.05, 0.1) is 12.3 Å². The van der Waals surface area contributed by atoms with Crippen molar-refractivity contribution < 1.29 is 19.4 Å². The molecule has 19 heavy (non-hydrogen) atoms. The van der Waals surface area contributed by atoms with E-state index in [1.807, 2.05) is 5.38 Å². The van der Waals surface area contributed by atoms with Gasteiger partial charge in [-0.25, -0.2) is 0 Å². The minimum atomic E-state index is -1.03. The molecule has 1 rings (SSSR count). The van der Waals surface area contributed by atoms with Gasteiger partial charge in [-0.3, -0.25) is 9.59 Å². The second kappa shape index (κ2) is 6.16. The highest BCUT2D eigenvalue weighted by molar-refractivity contribution is 7.08. The Balaban J connectivity index is 2.93. The van der Waals surface area contributed by atoms with Gasteiger partial charge in [0.2, 0.25) is 0 Å². The van der Waals surface area contributed by atoms with Gasteiger partial charge >= 0.3 is 11.9 Å². The Kier molecular flexibility index (Phi) is 5.08. The Morgan fingerprint density at radius 2 is 2.11 bits per heavy atom. The molecular formula is C13H19NO4S. The van der Waals surface area contributed by atoms with Crippen LogP contribution in [0.1, 0.15) is 38.7 Å². The predicted molar refractivity (Wildman–Crippen MR) is 73.1 cm³/mol. The quantitative estimate of drug-likeness (QED) is 0.807. The molecule has 3 N–H and O–H groups in total. The lowest BCUT2D eigenvalue weighted by Gasteiger charge is -2.26. The van der Waals surface area contributed by atoms with Gasteiger partial charge < -0.3 is 15.6 Å². The first-order chi connectivity index (χ1) is 8.70. The first kappa shape index (κ1) is 15.7. The van der Waals surface area contributed by atoms with Crippen molar-refractivity contribution in [2.45, 2.75) is 44.8 Å². The number of carboxylic acids is 1. The molecule has 0 radical (unpaired) electrons. The minimum absolute atomic E-state index is 0.278. The first-order valence-corrected chi connectivity index (χ1v) is 6.87. The molecule has 0 amide bonds. The molecule has 0 saturated carbocycles. The Hall–Kier alpha value is -1.40. The minimum Gasteiger partial charge on any atom is -0.481 e. The predicted octanol–water partition coefficient (Wildman–Crippen LogP) is 1.98. The highest BCUT2D eigenvalue weighted by atomic mass is 32.1. The van der Waals surface area contributed by atoms with Crippen LogP contribution in [0, 0.1) is 0 Å². The van der Waals surface area contributed by atoms with Crippen LogP contribution in [0.5, 0.6) is 0 Å². The Bertz CT molecular complexity index is 436. The van der Waals surface area contributed by atoms with E-state index in [-0.39, 0.29) is 6.42 Å². The summed E-state index contributed by atoms with van der Waals surface area (Å²) >= 11 is 1.43. The molecule has 2 atom stereocenters. The van der Waals surface area contributed by atoms with Gasteiger partial charge in [0, 0.05) is 6.04 Å². The van der Waals surface area contributed by atoms with E-state index >= 15 is 0 Å². The average molecular weight is 285 g/mol. The standard InChI is InChI=1S/C13H19NO4S/c1-13(2,3)18-12(17)11(8-4-5-19-7-8)9(14)6-10(15)16/h4-5,7,9,11H,6,14H2,1-3H3,(H,15,16)/t9-,11?/m0/s1. The van der Waals surface area contributed by atoms with Crippen LogP contribution >= 0.6 is 11.3 Å². The second-order valence-corrected chi connectivity index (χ2v) is 6.11. The third-order valence-corrected chi connectivity index (χ3v) is 3.10. The zero-order chi connectivity index (χ0) is 14.6. The molecule has 6 heteroatoms. The topological polar surface area (TPSA) is 89.6 Å². The smallest absolute Gasteiger partial charge is 0.315 e. The molecular weight excluding hydrogens is 266 g/mol. The fourth-order valence-corrected chi connectivity index (χ4v) is 2.39. The normalized spacial score (nSPS) is 14.7. The molecule has 0 aliphatic carbocycles. The van der Waals surface area contributed by atoms with Crippen LogP contribution in [-0.4, -0.2) is 28.7 Å². The van der Waals surface area contributed by atoms with E-state index in [0.717, 1.165) is 0 Å². The van der Waals surface area contributed by atoms with Gasteiger partial charge in [0.1, 0.15) is 5.60 Å². The van der Waals surface area contributed by atoms with Crippen molar-refractivity contribution in [1.82, 2.24) is 0 Å². The summed E-state index contributed by atoms with van der Waals surface area (Å²) in [5.41, 5.74) is 5.92. The fraction of sp³-hybridized carbons (Fsp3) is 0.538. The number of ether oxygens (including phenoxy) is 1. The van der Waals surface area contributed by atoms with Crippen LogP contribution in [0.3, 0.4) is 0 Å².